The van der Waals surface area contributed by atoms with Crippen molar-refractivity contribution in [2.75, 3.05) is 0 Å². The van der Waals surface area contributed by atoms with E-state index in [0.29, 0.717) is 0 Å². The summed E-state index contributed by atoms with van der Waals surface area (Å²) in [6.07, 6.45) is 0. The third kappa shape index (κ3) is 2.30. The van der Waals surface area contributed by atoms with Crippen LogP contribution in [0.1, 0.15) is 13.8 Å². The highest BCUT2D eigenvalue weighted by Gasteiger charge is 2.19. The van der Waals surface area contributed by atoms with E-state index in [1.165, 1.54) is 0 Å². The first-order chi connectivity index (χ1) is 4.46. The summed E-state index contributed by atoms with van der Waals surface area (Å²) in [5, 5.41) is 26.4. The minimum absolute atomic E-state index is 0.347. The molecule has 0 bridgehead atoms. The van der Waals surface area contributed by atoms with E-state index in [1.54, 1.807) is 13.8 Å². The summed E-state index contributed by atoms with van der Waals surface area (Å²) in [6, 6.07) is -1.36. The second kappa shape index (κ2) is 3.50. The highest BCUT2D eigenvalue weighted by Crippen LogP contribution is 2.04. The zero-order valence-electron chi connectivity index (χ0n) is 5.81. The first-order valence-corrected chi connectivity index (χ1v) is 2.84. The Labute approximate surface area is 58.4 Å². The maximum atomic E-state index is 10.1. The van der Waals surface area contributed by atoms with Crippen LogP contribution in [-0.2, 0) is 4.79 Å². The van der Waals surface area contributed by atoms with E-state index in [4.69, 9.17) is 10.4 Å². The molecule has 0 aromatic heterocycles. The highest BCUT2D eigenvalue weighted by atomic mass is 16.8. The van der Waals surface area contributed by atoms with Crippen LogP contribution in [0, 0.1) is 5.92 Å². The quantitative estimate of drug-likeness (QED) is 0.493. The fourth-order valence-electron chi connectivity index (χ4n) is 0.633. The molecule has 10 heavy (non-hydrogen) atoms. The molecule has 0 aromatic rings. The van der Waals surface area contributed by atoms with Crippen LogP contribution in [0.3, 0.4) is 0 Å². The summed E-state index contributed by atoms with van der Waals surface area (Å²) in [5.41, 5.74) is 0. The number of nitrogens with zero attached hydrogens (tertiary/aromatic N) is 1. The number of hydroxylamine groups is 2. The molecule has 5 nitrogen and oxygen atoms in total. The van der Waals surface area contributed by atoms with E-state index in [9.17, 15) is 9.90 Å². The van der Waals surface area contributed by atoms with Gasteiger partial charge in [0.15, 0.2) is 0 Å². The smallest absolute Gasteiger partial charge is 0.104 e. The second-order valence-electron chi connectivity index (χ2n) is 2.33. The Hall–Kier alpha value is -0.650. The molecule has 0 heterocycles. The van der Waals surface area contributed by atoms with E-state index >= 15 is 0 Å². The summed E-state index contributed by atoms with van der Waals surface area (Å²) in [5.74, 6) is -1.90. The van der Waals surface area contributed by atoms with Crippen molar-refractivity contribution in [1.29, 1.82) is 0 Å². The lowest BCUT2D eigenvalue weighted by Crippen LogP contribution is -2.48. The normalized spacial score (nSPS) is 14.2. The van der Waals surface area contributed by atoms with E-state index < -0.39 is 17.9 Å². The molecule has 0 aliphatic heterocycles. The Balaban J connectivity index is 4.12. The number of carboxylic acid groups (broad SMARTS) is 1. The van der Waals surface area contributed by atoms with E-state index in [-0.39, 0.29) is 5.23 Å². The predicted octanol–water partition coefficient (Wildman–Crippen LogP) is -1.16. The maximum absolute atomic E-state index is 10.1. The molecule has 60 valence electrons. The molecule has 1 atom stereocenters. The van der Waals surface area contributed by atoms with Gasteiger partial charge < -0.3 is 9.90 Å². The summed E-state index contributed by atoms with van der Waals surface area (Å²) in [6.45, 7) is 3.08. The number of hydrogen-bond acceptors (Lipinski definition) is 5. The molecule has 0 fully saturated rings. The summed E-state index contributed by atoms with van der Waals surface area (Å²) >= 11 is 0. The lowest BCUT2D eigenvalue weighted by atomic mass is 10.1. The fraction of sp³-hybridized carbons (Fsp3) is 0.800. The molecule has 5 heteroatoms. The molecular formula is C5H10NO4-. The van der Waals surface area contributed by atoms with Gasteiger partial charge in [-0.25, -0.2) is 0 Å². The minimum Gasteiger partial charge on any atom is -0.548 e. The fourth-order valence-corrected chi connectivity index (χ4v) is 0.633. The van der Waals surface area contributed by atoms with Crippen molar-refractivity contribution in [3.63, 3.8) is 0 Å². The number of hydrogen-bond donors (Lipinski definition) is 2. The van der Waals surface area contributed by atoms with Crippen molar-refractivity contribution in [2.24, 2.45) is 5.92 Å². The van der Waals surface area contributed by atoms with Crippen LogP contribution in [0.5, 0.6) is 0 Å². The first-order valence-electron chi connectivity index (χ1n) is 2.84. The molecule has 0 unspecified atom stereocenters. The van der Waals surface area contributed by atoms with Crippen molar-refractivity contribution < 1.29 is 20.3 Å². The van der Waals surface area contributed by atoms with Crippen molar-refractivity contribution in [2.45, 2.75) is 19.9 Å². The van der Waals surface area contributed by atoms with Gasteiger partial charge in [0.05, 0.1) is 5.97 Å². The Morgan fingerprint density at radius 2 is 1.90 bits per heavy atom. The lowest BCUT2D eigenvalue weighted by Gasteiger charge is -2.24. The highest BCUT2D eigenvalue weighted by molar-refractivity contribution is 5.71. The largest absolute Gasteiger partial charge is 0.548 e. The zero-order valence-corrected chi connectivity index (χ0v) is 5.81. The standard InChI is InChI=1S/C5H11NO4/c1-3(2)4(5(7)8)6(9)10/h3-4,9-10H,1-2H3,(H,7,8)/p-1/t4-/m0/s1. The van der Waals surface area contributed by atoms with Gasteiger partial charge in [0.2, 0.25) is 0 Å². The zero-order chi connectivity index (χ0) is 8.31. The average molecular weight is 148 g/mol. The molecule has 0 aliphatic carbocycles. The molecule has 2 N–H and O–H groups in total. The van der Waals surface area contributed by atoms with Gasteiger partial charge in [-0.2, -0.15) is 0 Å². The van der Waals surface area contributed by atoms with E-state index in [1.807, 2.05) is 0 Å². The minimum atomic E-state index is -1.50. The van der Waals surface area contributed by atoms with Gasteiger partial charge in [0, 0.05) is 0 Å². The average Bonchev–Trinajstić information content (AvgIpc) is 1.59. The third-order valence-electron chi connectivity index (χ3n) is 1.12. The number of carboxylic acids is 1. The van der Waals surface area contributed by atoms with Crippen LogP contribution >= 0.6 is 0 Å². The molecule has 0 aromatic carbocycles. The van der Waals surface area contributed by atoms with Crippen LogP contribution in [0.2, 0.25) is 0 Å². The number of rotatable bonds is 3. The summed E-state index contributed by atoms with van der Waals surface area (Å²) in [7, 11) is 0. The third-order valence-corrected chi connectivity index (χ3v) is 1.12. The Morgan fingerprint density at radius 3 is 1.90 bits per heavy atom. The van der Waals surface area contributed by atoms with Gasteiger partial charge in [-0.05, 0) is 5.92 Å². The summed E-state index contributed by atoms with van der Waals surface area (Å²) < 4.78 is 0. The van der Waals surface area contributed by atoms with Crippen molar-refractivity contribution in [1.82, 2.24) is 5.23 Å². The second-order valence-corrected chi connectivity index (χ2v) is 2.33. The molecule has 0 amide bonds. The Morgan fingerprint density at radius 1 is 1.50 bits per heavy atom. The van der Waals surface area contributed by atoms with Gasteiger partial charge in [-0.1, -0.05) is 19.1 Å². The van der Waals surface area contributed by atoms with Crippen molar-refractivity contribution in [3.05, 3.63) is 0 Å². The number of carbonyl (C=O) groups is 1. The van der Waals surface area contributed by atoms with Gasteiger partial charge in [-0.3, -0.25) is 10.4 Å². The van der Waals surface area contributed by atoms with E-state index in [2.05, 4.69) is 0 Å². The van der Waals surface area contributed by atoms with Crippen LogP contribution in [0.15, 0.2) is 0 Å². The predicted molar refractivity (Wildman–Crippen MR) is 29.0 cm³/mol. The van der Waals surface area contributed by atoms with Crippen LogP contribution in [-0.4, -0.2) is 27.7 Å². The van der Waals surface area contributed by atoms with Crippen molar-refractivity contribution in [3.8, 4) is 0 Å². The molecule has 0 radical (unpaired) electrons. The first kappa shape index (κ1) is 9.35. The molecule has 0 spiro atoms. The van der Waals surface area contributed by atoms with Crippen molar-refractivity contribution >= 4 is 5.97 Å². The Kier molecular flexibility index (Phi) is 3.27. The van der Waals surface area contributed by atoms with Gasteiger partial charge in [-0.15, -0.1) is 0 Å². The summed E-state index contributed by atoms with van der Waals surface area (Å²) in [4.78, 5) is 10.1. The molecule has 0 saturated heterocycles. The topological polar surface area (TPSA) is 83.8 Å². The lowest BCUT2D eigenvalue weighted by molar-refractivity contribution is -0.368. The van der Waals surface area contributed by atoms with Gasteiger partial charge in [0.25, 0.3) is 0 Å². The van der Waals surface area contributed by atoms with Crippen LogP contribution in [0.25, 0.3) is 0 Å². The maximum Gasteiger partial charge on any atom is 0.104 e. The van der Waals surface area contributed by atoms with Crippen LogP contribution < -0.4 is 5.11 Å². The molecule has 0 saturated carbocycles. The van der Waals surface area contributed by atoms with E-state index in [0.717, 1.165) is 0 Å². The molecular weight excluding hydrogens is 138 g/mol. The Bertz CT molecular complexity index is 115. The molecule has 0 rings (SSSR count). The monoisotopic (exact) mass is 148 g/mol. The number of aliphatic carboxylic acids is 1. The SMILES string of the molecule is CC(C)[C@@H](C(=O)[O-])N(O)O. The van der Waals surface area contributed by atoms with Crippen LogP contribution in [0.4, 0.5) is 0 Å². The van der Waals surface area contributed by atoms with Gasteiger partial charge >= 0.3 is 0 Å². The van der Waals surface area contributed by atoms with Gasteiger partial charge in [0.1, 0.15) is 6.04 Å². The number of carbonyl (C=O) groups excluding carboxylic acids is 1. The molecule has 0 aliphatic rings.